The van der Waals surface area contributed by atoms with E-state index < -0.39 is 11.9 Å². The number of halogens is 1. The zero-order chi connectivity index (χ0) is 21.3. The minimum Gasteiger partial charge on any atom is -0.462 e. The van der Waals surface area contributed by atoms with Gasteiger partial charge in [-0.1, -0.05) is 18.5 Å². The van der Waals surface area contributed by atoms with Crippen LogP contribution in [0, 0.1) is 23.2 Å². The first kappa shape index (κ1) is 21.2. The maximum Gasteiger partial charge on any atom is 0.339 e. The van der Waals surface area contributed by atoms with Crippen LogP contribution in [0.1, 0.15) is 62.2 Å². The quantitative estimate of drug-likeness (QED) is 0.635. The number of carbonyl (C=O) groups is 3. The molecule has 4 bridgehead atoms. The van der Waals surface area contributed by atoms with Gasteiger partial charge in [0.25, 0.3) is 5.91 Å². The molecule has 4 saturated carbocycles. The number of ether oxygens (including phenoxy) is 2. The number of amides is 1. The van der Waals surface area contributed by atoms with Gasteiger partial charge < -0.3 is 14.8 Å². The summed E-state index contributed by atoms with van der Waals surface area (Å²) in [7, 11) is 0. The molecule has 4 aliphatic carbocycles. The molecule has 0 aliphatic heterocycles. The fraction of sp³-hybridized carbons (Fsp3) is 0.609. The standard InChI is InChI=1S/C23H28ClNO5/c1-2-5-29-21(27)18-9-17(3-4-19(18)24)25-20(26)13-30-22(28)23-10-14-6-15(11-23)8-16(7-14)12-23/h3-4,9,14-16H,2,5-8,10-13H2,1H3,(H,25,26). The van der Waals surface area contributed by atoms with E-state index in [0.29, 0.717) is 36.5 Å². The molecule has 0 atom stereocenters. The van der Waals surface area contributed by atoms with Crippen LogP contribution >= 0.6 is 11.6 Å². The average molecular weight is 434 g/mol. The Morgan fingerprint density at radius 3 is 2.30 bits per heavy atom. The summed E-state index contributed by atoms with van der Waals surface area (Å²) in [6, 6.07) is 4.60. The van der Waals surface area contributed by atoms with Crippen LogP contribution in [0.5, 0.6) is 0 Å². The predicted molar refractivity (Wildman–Crippen MR) is 112 cm³/mol. The topological polar surface area (TPSA) is 81.7 Å². The Bertz CT molecular complexity index is 817. The van der Waals surface area contributed by atoms with Gasteiger partial charge in [0, 0.05) is 5.69 Å². The summed E-state index contributed by atoms with van der Waals surface area (Å²) in [5.41, 5.74) is 0.207. The van der Waals surface area contributed by atoms with Crippen LogP contribution in [0.15, 0.2) is 18.2 Å². The van der Waals surface area contributed by atoms with Gasteiger partial charge in [-0.25, -0.2) is 4.79 Å². The molecule has 0 saturated heterocycles. The van der Waals surface area contributed by atoms with Crippen LogP contribution in [0.3, 0.4) is 0 Å². The number of nitrogens with one attached hydrogen (secondary N) is 1. The molecule has 1 amide bonds. The molecule has 1 aromatic carbocycles. The number of anilines is 1. The Hall–Kier alpha value is -2.08. The lowest BCUT2D eigenvalue weighted by Gasteiger charge is -2.55. The molecule has 0 aromatic heterocycles. The molecule has 4 aliphatic rings. The zero-order valence-electron chi connectivity index (χ0n) is 17.2. The smallest absolute Gasteiger partial charge is 0.339 e. The highest BCUT2D eigenvalue weighted by Crippen LogP contribution is 2.60. The minimum absolute atomic E-state index is 0.188. The number of carbonyl (C=O) groups excluding carboxylic acids is 3. The van der Waals surface area contributed by atoms with E-state index in [4.69, 9.17) is 21.1 Å². The monoisotopic (exact) mass is 433 g/mol. The van der Waals surface area contributed by atoms with E-state index in [0.717, 1.165) is 19.3 Å². The molecular formula is C23H28ClNO5. The molecule has 1 N–H and O–H groups in total. The fourth-order valence-electron chi connectivity index (χ4n) is 5.87. The van der Waals surface area contributed by atoms with E-state index in [1.165, 1.54) is 31.4 Å². The SMILES string of the molecule is CCCOC(=O)c1cc(NC(=O)COC(=O)C23CC4CC(CC(C4)C2)C3)ccc1Cl. The van der Waals surface area contributed by atoms with Crippen LogP contribution in [0.2, 0.25) is 5.02 Å². The summed E-state index contributed by atoms with van der Waals surface area (Å²) in [4.78, 5) is 37.3. The number of hydrogen-bond donors (Lipinski definition) is 1. The summed E-state index contributed by atoms with van der Waals surface area (Å²) in [6.07, 6.45) is 7.14. The Balaban J connectivity index is 1.33. The number of esters is 2. The van der Waals surface area contributed by atoms with Gasteiger partial charge in [-0.2, -0.15) is 0 Å². The van der Waals surface area contributed by atoms with Crippen molar-refractivity contribution in [2.75, 3.05) is 18.5 Å². The molecule has 7 heteroatoms. The molecule has 0 spiro atoms. The normalized spacial score (nSPS) is 28.8. The van der Waals surface area contributed by atoms with Crippen molar-refractivity contribution in [2.45, 2.75) is 51.9 Å². The first-order chi connectivity index (χ1) is 14.4. The summed E-state index contributed by atoms with van der Waals surface area (Å²) < 4.78 is 10.6. The Morgan fingerprint density at radius 2 is 1.70 bits per heavy atom. The van der Waals surface area contributed by atoms with Crippen LogP contribution < -0.4 is 5.32 Å². The van der Waals surface area contributed by atoms with Crippen molar-refractivity contribution in [3.8, 4) is 0 Å². The number of benzene rings is 1. The average Bonchev–Trinajstić information content (AvgIpc) is 2.70. The summed E-state index contributed by atoms with van der Waals surface area (Å²) in [6.45, 7) is 1.86. The second-order valence-corrected chi connectivity index (χ2v) is 9.56. The van der Waals surface area contributed by atoms with Crippen molar-refractivity contribution in [2.24, 2.45) is 23.2 Å². The maximum atomic E-state index is 12.9. The van der Waals surface area contributed by atoms with E-state index in [9.17, 15) is 14.4 Å². The van der Waals surface area contributed by atoms with E-state index >= 15 is 0 Å². The Morgan fingerprint density at radius 1 is 1.07 bits per heavy atom. The maximum absolute atomic E-state index is 12.9. The molecule has 0 unspecified atom stereocenters. The van der Waals surface area contributed by atoms with Gasteiger partial charge in [-0.15, -0.1) is 0 Å². The lowest BCUT2D eigenvalue weighted by Crippen LogP contribution is -2.50. The van der Waals surface area contributed by atoms with E-state index in [-0.39, 0.29) is 28.6 Å². The van der Waals surface area contributed by atoms with Crippen molar-refractivity contribution in [3.63, 3.8) is 0 Å². The van der Waals surface area contributed by atoms with Gasteiger partial charge in [-0.3, -0.25) is 9.59 Å². The summed E-state index contributed by atoms with van der Waals surface area (Å²) >= 11 is 6.08. The fourth-order valence-corrected chi connectivity index (χ4v) is 6.07. The number of hydrogen-bond acceptors (Lipinski definition) is 5. The summed E-state index contributed by atoms with van der Waals surface area (Å²) in [5.74, 6) is 0.707. The highest BCUT2D eigenvalue weighted by Gasteiger charge is 2.55. The van der Waals surface area contributed by atoms with Crippen LogP contribution in [0.4, 0.5) is 5.69 Å². The molecule has 4 fully saturated rings. The second-order valence-electron chi connectivity index (χ2n) is 9.15. The van der Waals surface area contributed by atoms with Gasteiger partial charge in [-0.05, 0) is 80.9 Å². The van der Waals surface area contributed by atoms with E-state index in [1.807, 2.05) is 6.92 Å². The van der Waals surface area contributed by atoms with Crippen molar-refractivity contribution in [3.05, 3.63) is 28.8 Å². The lowest BCUT2D eigenvalue weighted by molar-refractivity contribution is -0.172. The van der Waals surface area contributed by atoms with Gasteiger partial charge in [0.1, 0.15) is 0 Å². The second kappa shape index (κ2) is 8.58. The molecule has 1 aromatic rings. The van der Waals surface area contributed by atoms with Crippen molar-refractivity contribution >= 4 is 35.1 Å². The van der Waals surface area contributed by atoms with E-state index in [1.54, 1.807) is 6.07 Å². The molecule has 6 nitrogen and oxygen atoms in total. The van der Waals surface area contributed by atoms with Crippen molar-refractivity contribution in [1.82, 2.24) is 0 Å². The molecule has 0 radical (unpaired) electrons. The molecular weight excluding hydrogens is 406 g/mol. The van der Waals surface area contributed by atoms with Gasteiger partial charge in [0.15, 0.2) is 6.61 Å². The summed E-state index contributed by atoms with van der Waals surface area (Å²) in [5, 5.41) is 2.92. The minimum atomic E-state index is -0.536. The third-order valence-corrected chi connectivity index (χ3v) is 7.04. The van der Waals surface area contributed by atoms with Gasteiger partial charge in [0.2, 0.25) is 0 Å². The predicted octanol–water partition coefficient (Wildman–Crippen LogP) is 4.60. The van der Waals surface area contributed by atoms with Crippen LogP contribution in [-0.4, -0.2) is 31.1 Å². The van der Waals surface area contributed by atoms with Gasteiger partial charge in [0.05, 0.1) is 22.6 Å². The Kier molecular flexibility index (Phi) is 6.05. The highest BCUT2D eigenvalue weighted by atomic mass is 35.5. The van der Waals surface area contributed by atoms with Crippen molar-refractivity contribution in [1.29, 1.82) is 0 Å². The third kappa shape index (κ3) is 4.34. The first-order valence-electron chi connectivity index (χ1n) is 10.8. The van der Waals surface area contributed by atoms with Crippen LogP contribution in [-0.2, 0) is 19.1 Å². The van der Waals surface area contributed by atoms with Crippen molar-refractivity contribution < 1.29 is 23.9 Å². The van der Waals surface area contributed by atoms with Gasteiger partial charge >= 0.3 is 11.9 Å². The molecule has 30 heavy (non-hydrogen) atoms. The third-order valence-electron chi connectivity index (χ3n) is 6.71. The first-order valence-corrected chi connectivity index (χ1v) is 11.2. The largest absolute Gasteiger partial charge is 0.462 e. The lowest BCUT2D eigenvalue weighted by atomic mass is 9.49. The number of rotatable bonds is 7. The Labute approximate surface area is 181 Å². The van der Waals surface area contributed by atoms with Crippen LogP contribution in [0.25, 0.3) is 0 Å². The molecule has 5 rings (SSSR count). The highest BCUT2D eigenvalue weighted by molar-refractivity contribution is 6.33. The molecule has 0 heterocycles. The van der Waals surface area contributed by atoms with E-state index in [2.05, 4.69) is 5.32 Å². The zero-order valence-corrected chi connectivity index (χ0v) is 18.0. The molecule has 162 valence electrons.